The molecule has 3 rings (SSSR count). The second kappa shape index (κ2) is 6.80. The maximum Gasteiger partial charge on any atom is 0.343 e. The molecular weight excluding hydrogens is 324 g/mol. The number of esters is 1. The second-order valence-corrected chi connectivity index (χ2v) is 6.03. The Kier molecular flexibility index (Phi) is 4.57. The van der Waals surface area contributed by atoms with Crippen LogP contribution in [0.4, 0.5) is 0 Å². The van der Waals surface area contributed by atoms with Crippen molar-refractivity contribution in [1.29, 1.82) is 0 Å². The van der Waals surface area contributed by atoms with Crippen LogP contribution in [0.25, 0.3) is 0 Å². The fourth-order valence-corrected chi connectivity index (χ4v) is 2.71. The normalized spacial score (nSPS) is 16.5. The Morgan fingerprint density at radius 2 is 1.96 bits per heavy atom. The number of ether oxygens (including phenoxy) is 1. The first kappa shape index (κ1) is 16.1. The Morgan fingerprint density at radius 3 is 2.58 bits per heavy atom. The lowest BCUT2D eigenvalue weighted by Gasteiger charge is -2.09. The molecule has 2 aromatic carbocycles. The van der Waals surface area contributed by atoms with Crippen LogP contribution >= 0.6 is 12.2 Å². The van der Waals surface area contributed by atoms with Crippen LogP contribution < -0.4 is 15.4 Å². The number of carbonyl (C=O) groups is 2. The monoisotopic (exact) mass is 340 g/mol. The minimum Gasteiger partial charge on any atom is -0.423 e. The Labute approximate surface area is 145 Å². The van der Waals surface area contributed by atoms with Crippen molar-refractivity contribution < 1.29 is 14.3 Å². The number of hydrogen-bond donors (Lipinski definition) is 2. The van der Waals surface area contributed by atoms with Crippen molar-refractivity contribution in [3.63, 3.8) is 0 Å². The molecule has 1 heterocycles. The molecule has 1 aliphatic heterocycles. The van der Waals surface area contributed by atoms with Gasteiger partial charge in [-0.15, -0.1) is 0 Å². The molecule has 0 radical (unpaired) electrons. The summed E-state index contributed by atoms with van der Waals surface area (Å²) in [6.45, 7) is 1.92. The lowest BCUT2D eigenvalue weighted by atomic mass is 10.1. The minimum atomic E-state index is -0.395. The molecule has 1 aliphatic rings. The topological polar surface area (TPSA) is 67.4 Å². The standard InChI is InChI=1S/C18H16N2O3S/c1-11-3-2-4-13(9-11)17(22)23-14-7-5-12(6-8-14)10-15-16(21)20-18(24)19-15/h2-9,15H,10H2,1H3,(H2,19,20,21,24). The van der Waals surface area contributed by atoms with Crippen molar-refractivity contribution in [3.05, 3.63) is 65.2 Å². The van der Waals surface area contributed by atoms with Crippen LogP contribution in [0.2, 0.25) is 0 Å². The molecule has 24 heavy (non-hydrogen) atoms. The zero-order valence-corrected chi connectivity index (χ0v) is 13.9. The van der Waals surface area contributed by atoms with Crippen molar-refractivity contribution in [3.8, 4) is 5.75 Å². The molecule has 6 heteroatoms. The quantitative estimate of drug-likeness (QED) is 0.507. The number of nitrogens with one attached hydrogen (secondary N) is 2. The van der Waals surface area contributed by atoms with Crippen LogP contribution in [0.3, 0.4) is 0 Å². The summed E-state index contributed by atoms with van der Waals surface area (Å²) in [5.41, 5.74) is 2.46. The van der Waals surface area contributed by atoms with Crippen LogP contribution in [0.5, 0.6) is 5.75 Å². The van der Waals surface area contributed by atoms with Gasteiger partial charge in [-0.25, -0.2) is 4.79 Å². The molecule has 1 amide bonds. The highest BCUT2D eigenvalue weighted by molar-refractivity contribution is 7.80. The maximum absolute atomic E-state index is 12.1. The highest BCUT2D eigenvalue weighted by atomic mass is 32.1. The number of aryl methyl sites for hydroxylation is 1. The van der Waals surface area contributed by atoms with E-state index in [0.717, 1.165) is 11.1 Å². The van der Waals surface area contributed by atoms with Gasteiger partial charge in [0.2, 0.25) is 5.91 Å². The summed E-state index contributed by atoms with van der Waals surface area (Å²) in [4.78, 5) is 23.8. The lowest BCUT2D eigenvalue weighted by Crippen LogP contribution is -2.30. The van der Waals surface area contributed by atoms with Gasteiger partial charge in [-0.1, -0.05) is 29.8 Å². The highest BCUT2D eigenvalue weighted by Gasteiger charge is 2.26. The third-order valence-electron chi connectivity index (χ3n) is 3.69. The summed E-state index contributed by atoms with van der Waals surface area (Å²) >= 11 is 4.91. The van der Waals surface area contributed by atoms with Crippen LogP contribution in [0.1, 0.15) is 21.5 Å². The molecule has 1 fully saturated rings. The van der Waals surface area contributed by atoms with Gasteiger partial charge in [0.05, 0.1) is 5.56 Å². The summed E-state index contributed by atoms with van der Waals surface area (Å²) in [7, 11) is 0. The summed E-state index contributed by atoms with van der Waals surface area (Å²) in [5.74, 6) is -0.0619. The fourth-order valence-electron chi connectivity index (χ4n) is 2.47. The summed E-state index contributed by atoms with van der Waals surface area (Å²) < 4.78 is 5.36. The van der Waals surface area contributed by atoms with E-state index in [9.17, 15) is 9.59 Å². The molecule has 0 aliphatic carbocycles. The summed E-state index contributed by atoms with van der Waals surface area (Å²) in [5, 5.41) is 5.83. The molecule has 2 N–H and O–H groups in total. The van der Waals surface area contributed by atoms with Gasteiger partial charge in [0.1, 0.15) is 11.8 Å². The van der Waals surface area contributed by atoms with E-state index in [1.807, 2.05) is 31.2 Å². The van der Waals surface area contributed by atoms with Crippen LogP contribution in [0, 0.1) is 6.92 Å². The van der Waals surface area contributed by atoms with E-state index in [1.54, 1.807) is 24.3 Å². The first-order valence-electron chi connectivity index (χ1n) is 7.50. The molecular formula is C18H16N2O3S. The Hall–Kier alpha value is -2.73. The Bertz CT molecular complexity index is 802. The van der Waals surface area contributed by atoms with Crippen LogP contribution in [-0.2, 0) is 11.2 Å². The number of carbonyl (C=O) groups excluding carboxylic acids is 2. The zero-order chi connectivity index (χ0) is 17.1. The summed E-state index contributed by atoms with van der Waals surface area (Å²) in [6.07, 6.45) is 0.512. The van der Waals surface area contributed by atoms with E-state index in [-0.39, 0.29) is 11.9 Å². The molecule has 1 atom stereocenters. The van der Waals surface area contributed by atoms with Gasteiger partial charge in [-0.2, -0.15) is 0 Å². The third-order valence-corrected chi connectivity index (χ3v) is 3.91. The van der Waals surface area contributed by atoms with Crippen molar-refractivity contribution in [2.75, 3.05) is 0 Å². The molecule has 0 aromatic heterocycles. The fraction of sp³-hybridized carbons (Fsp3) is 0.167. The number of benzene rings is 2. The van der Waals surface area contributed by atoms with Crippen molar-refractivity contribution in [2.24, 2.45) is 0 Å². The van der Waals surface area contributed by atoms with Gasteiger partial charge in [-0.3, -0.25) is 4.79 Å². The zero-order valence-electron chi connectivity index (χ0n) is 13.0. The van der Waals surface area contributed by atoms with Crippen LogP contribution in [-0.4, -0.2) is 23.0 Å². The Morgan fingerprint density at radius 1 is 1.21 bits per heavy atom. The number of rotatable bonds is 4. The van der Waals surface area contributed by atoms with E-state index in [0.29, 0.717) is 22.8 Å². The maximum atomic E-state index is 12.1. The highest BCUT2D eigenvalue weighted by Crippen LogP contribution is 2.16. The van der Waals surface area contributed by atoms with Crippen molar-refractivity contribution in [1.82, 2.24) is 10.6 Å². The van der Waals surface area contributed by atoms with E-state index in [1.165, 1.54) is 0 Å². The van der Waals surface area contributed by atoms with E-state index >= 15 is 0 Å². The van der Waals surface area contributed by atoms with Gasteiger partial charge in [0.15, 0.2) is 5.11 Å². The second-order valence-electron chi connectivity index (χ2n) is 5.62. The van der Waals surface area contributed by atoms with Crippen LogP contribution in [0.15, 0.2) is 48.5 Å². The molecule has 0 saturated carbocycles. The van der Waals surface area contributed by atoms with Gasteiger partial charge in [-0.05, 0) is 49.0 Å². The first-order chi connectivity index (χ1) is 11.5. The molecule has 0 spiro atoms. The van der Waals surface area contributed by atoms with E-state index in [4.69, 9.17) is 17.0 Å². The number of hydrogen-bond acceptors (Lipinski definition) is 4. The first-order valence-corrected chi connectivity index (χ1v) is 7.91. The average Bonchev–Trinajstić information content (AvgIpc) is 2.87. The summed E-state index contributed by atoms with van der Waals surface area (Å²) in [6, 6.07) is 14.0. The average molecular weight is 340 g/mol. The molecule has 1 unspecified atom stereocenters. The molecule has 1 saturated heterocycles. The van der Waals surface area contributed by atoms with Crippen molar-refractivity contribution >= 4 is 29.2 Å². The largest absolute Gasteiger partial charge is 0.423 e. The van der Waals surface area contributed by atoms with Gasteiger partial charge < -0.3 is 15.4 Å². The Balaban J connectivity index is 1.63. The SMILES string of the molecule is Cc1cccc(C(=O)Oc2ccc(CC3NC(=S)NC3=O)cc2)c1. The predicted octanol–water partition coefficient (Wildman–Crippen LogP) is 2.13. The minimum absolute atomic E-state index is 0.130. The van der Waals surface area contributed by atoms with Gasteiger partial charge >= 0.3 is 5.97 Å². The lowest BCUT2D eigenvalue weighted by molar-refractivity contribution is -0.120. The van der Waals surface area contributed by atoms with E-state index < -0.39 is 5.97 Å². The third kappa shape index (κ3) is 3.78. The smallest absolute Gasteiger partial charge is 0.343 e. The molecule has 2 aromatic rings. The number of thiocarbonyl (C=S) groups is 1. The molecule has 5 nitrogen and oxygen atoms in total. The predicted molar refractivity (Wildman–Crippen MR) is 93.9 cm³/mol. The van der Waals surface area contributed by atoms with Crippen molar-refractivity contribution in [2.45, 2.75) is 19.4 Å². The molecule has 122 valence electrons. The molecule has 0 bridgehead atoms. The number of amides is 1. The van der Waals surface area contributed by atoms with E-state index in [2.05, 4.69) is 10.6 Å². The van der Waals surface area contributed by atoms with Gasteiger partial charge in [0.25, 0.3) is 0 Å². The van der Waals surface area contributed by atoms with Gasteiger partial charge in [0, 0.05) is 6.42 Å².